The largest absolute Gasteiger partial charge is 0.481 e. The average molecular weight is 282 g/mol. The molecule has 1 saturated carbocycles. The number of rotatable bonds is 5. The van der Waals surface area contributed by atoms with Gasteiger partial charge in [0.1, 0.15) is 0 Å². The Labute approximate surface area is 120 Å². The van der Waals surface area contributed by atoms with Crippen molar-refractivity contribution in [2.75, 3.05) is 19.6 Å². The summed E-state index contributed by atoms with van der Waals surface area (Å²) in [6.07, 6.45) is 5.97. The third kappa shape index (κ3) is 3.72. The van der Waals surface area contributed by atoms with Crippen LogP contribution in [0.4, 0.5) is 0 Å². The number of amides is 1. The Balaban J connectivity index is 1.78. The molecule has 2 fully saturated rings. The molecule has 3 atom stereocenters. The highest BCUT2D eigenvalue weighted by molar-refractivity contribution is 5.85. The standard InChI is InChI=1S/C15H26N2O3/c1-11(17-8-3-2-4-9-17)10-16-14(18)12-6-5-7-13(12)15(19)20/h11-13H,2-10H2,1H3,(H,16,18)(H,19,20)/t11?,12-,13+/m1/s1. The lowest BCUT2D eigenvalue weighted by molar-refractivity contribution is -0.146. The van der Waals surface area contributed by atoms with Crippen LogP contribution >= 0.6 is 0 Å². The van der Waals surface area contributed by atoms with E-state index in [4.69, 9.17) is 5.11 Å². The van der Waals surface area contributed by atoms with Crippen molar-refractivity contribution >= 4 is 11.9 Å². The van der Waals surface area contributed by atoms with E-state index in [1.807, 2.05) is 0 Å². The Morgan fingerprint density at radius 3 is 2.45 bits per heavy atom. The Hall–Kier alpha value is -1.10. The van der Waals surface area contributed by atoms with Crippen molar-refractivity contribution in [1.29, 1.82) is 0 Å². The summed E-state index contributed by atoms with van der Waals surface area (Å²) in [5.41, 5.74) is 0. The maximum absolute atomic E-state index is 12.2. The monoisotopic (exact) mass is 282 g/mol. The van der Waals surface area contributed by atoms with Crippen LogP contribution in [-0.4, -0.2) is 47.6 Å². The molecule has 1 amide bonds. The highest BCUT2D eigenvalue weighted by atomic mass is 16.4. The predicted molar refractivity (Wildman–Crippen MR) is 76.4 cm³/mol. The Morgan fingerprint density at radius 1 is 1.15 bits per heavy atom. The molecule has 0 aromatic rings. The average Bonchev–Trinajstić information content (AvgIpc) is 2.95. The number of piperidine rings is 1. The van der Waals surface area contributed by atoms with Crippen LogP contribution < -0.4 is 5.32 Å². The highest BCUT2D eigenvalue weighted by Gasteiger charge is 2.37. The van der Waals surface area contributed by atoms with E-state index in [9.17, 15) is 9.59 Å². The molecule has 1 aliphatic heterocycles. The van der Waals surface area contributed by atoms with Crippen LogP contribution in [0, 0.1) is 11.8 Å². The van der Waals surface area contributed by atoms with E-state index >= 15 is 0 Å². The molecule has 5 heteroatoms. The van der Waals surface area contributed by atoms with Gasteiger partial charge in [-0.15, -0.1) is 0 Å². The van der Waals surface area contributed by atoms with Gasteiger partial charge in [0, 0.05) is 12.6 Å². The number of carboxylic acids is 1. The van der Waals surface area contributed by atoms with Crippen molar-refractivity contribution in [2.24, 2.45) is 11.8 Å². The molecule has 1 unspecified atom stereocenters. The molecule has 2 rings (SSSR count). The van der Waals surface area contributed by atoms with Crippen molar-refractivity contribution in [3.05, 3.63) is 0 Å². The highest BCUT2D eigenvalue weighted by Crippen LogP contribution is 2.32. The number of carbonyl (C=O) groups is 2. The van der Waals surface area contributed by atoms with Crippen molar-refractivity contribution in [3.8, 4) is 0 Å². The van der Waals surface area contributed by atoms with Gasteiger partial charge in [0.15, 0.2) is 0 Å². The molecular formula is C15H26N2O3. The number of nitrogens with zero attached hydrogens (tertiary/aromatic N) is 1. The van der Waals surface area contributed by atoms with Gasteiger partial charge >= 0.3 is 5.97 Å². The number of carboxylic acid groups (broad SMARTS) is 1. The summed E-state index contributed by atoms with van der Waals surface area (Å²) in [5, 5.41) is 12.1. The molecule has 0 bridgehead atoms. The third-order valence-electron chi connectivity index (χ3n) is 4.76. The van der Waals surface area contributed by atoms with Crippen LogP contribution in [-0.2, 0) is 9.59 Å². The van der Waals surface area contributed by atoms with Crippen LogP contribution in [0.15, 0.2) is 0 Å². The van der Waals surface area contributed by atoms with Crippen molar-refractivity contribution < 1.29 is 14.7 Å². The van der Waals surface area contributed by atoms with Gasteiger partial charge in [-0.1, -0.05) is 12.8 Å². The Kier molecular flexibility index (Phi) is 5.40. The van der Waals surface area contributed by atoms with E-state index in [1.165, 1.54) is 19.3 Å². The molecule has 0 aromatic carbocycles. The molecule has 1 heterocycles. The molecule has 20 heavy (non-hydrogen) atoms. The zero-order valence-electron chi connectivity index (χ0n) is 12.3. The first-order valence-electron chi connectivity index (χ1n) is 7.84. The molecule has 114 valence electrons. The lowest BCUT2D eigenvalue weighted by Crippen LogP contribution is -2.46. The molecule has 2 N–H and O–H groups in total. The SMILES string of the molecule is CC(CNC(=O)[C@@H]1CCC[C@@H]1C(=O)O)N1CCCCC1. The lowest BCUT2D eigenvalue weighted by atomic mass is 9.95. The maximum atomic E-state index is 12.2. The fourth-order valence-electron chi connectivity index (χ4n) is 3.44. The summed E-state index contributed by atoms with van der Waals surface area (Å²) < 4.78 is 0. The number of likely N-dealkylation sites (tertiary alicyclic amines) is 1. The first kappa shape index (κ1) is 15.3. The van der Waals surface area contributed by atoms with E-state index in [1.54, 1.807) is 0 Å². The number of nitrogens with one attached hydrogen (secondary N) is 1. The van der Waals surface area contributed by atoms with Gasteiger partial charge in [-0.25, -0.2) is 0 Å². The zero-order valence-corrected chi connectivity index (χ0v) is 12.3. The topological polar surface area (TPSA) is 69.6 Å². The summed E-state index contributed by atoms with van der Waals surface area (Å²) in [5.74, 6) is -1.72. The van der Waals surface area contributed by atoms with E-state index < -0.39 is 11.9 Å². The second kappa shape index (κ2) is 7.07. The van der Waals surface area contributed by atoms with E-state index in [0.29, 0.717) is 25.4 Å². The second-order valence-corrected chi connectivity index (χ2v) is 6.17. The van der Waals surface area contributed by atoms with Crippen LogP contribution in [0.3, 0.4) is 0 Å². The number of hydrogen-bond acceptors (Lipinski definition) is 3. The fraction of sp³-hybridized carbons (Fsp3) is 0.867. The van der Waals surface area contributed by atoms with Crippen LogP contribution in [0.5, 0.6) is 0 Å². The minimum Gasteiger partial charge on any atom is -0.481 e. The van der Waals surface area contributed by atoms with Gasteiger partial charge in [-0.3, -0.25) is 14.5 Å². The minimum atomic E-state index is -0.827. The number of aliphatic carboxylic acids is 1. The van der Waals surface area contributed by atoms with Crippen molar-refractivity contribution in [2.45, 2.75) is 51.5 Å². The third-order valence-corrected chi connectivity index (χ3v) is 4.76. The van der Waals surface area contributed by atoms with Crippen LogP contribution in [0.2, 0.25) is 0 Å². The van der Waals surface area contributed by atoms with E-state index in [0.717, 1.165) is 19.5 Å². The molecule has 0 aromatic heterocycles. The first-order chi connectivity index (χ1) is 9.59. The summed E-state index contributed by atoms with van der Waals surface area (Å²) >= 11 is 0. The molecule has 1 aliphatic carbocycles. The van der Waals surface area contributed by atoms with Crippen LogP contribution in [0.25, 0.3) is 0 Å². The molecule has 2 aliphatic rings. The summed E-state index contributed by atoms with van der Waals surface area (Å²) in [6, 6.07) is 0.337. The Bertz CT molecular complexity index is 353. The van der Waals surface area contributed by atoms with Gasteiger partial charge in [0.25, 0.3) is 0 Å². The quantitative estimate of drug-likeness (QED) is 0.801. The van der Waals surface area contributed by atoms with Crippen molar-refractivity contribution in [3.63, 3.8) is 0 Å². The second-order valence-electron chi connectivity index (χ2n) is 6.17. The molecular weight excluding hydrogens is 256 g/mol. The molecule has 0 spiro atoms. The summed E-state index contributed by atoms with van der Waals surface area (Å²) in [4.78, 5) is 25.7. The summed E-state index contributed by atoms with van der Waals surface area (Å²) in [7, 11) is 0. The number of hydrogen-bond donors (Lipinski definition) is 2. The first-order valence-corrected chi connectivity index (χ1v) is 7.84. The predicted octanol–water partition coefficient (Wildman–Crippen LogP) is 1.48. The van der Waals surface area contributed by atoms with E-state index in [-0.39, 0.29) is 11.8 Å². The van der Waals surface area contributed by atoms with Gasteiger partial charge in [0.2, 0.25) is 5.91 Å². The van der Waals surface area contributed by atoms with Gasteiger partial charge < -0.3 is 10.4 Å². The van der Waals surface area contributed by atoms with Gasteiger partial charge in [0.05, 0.1) is 11.8 Å². The normalized spacial score (nSPS) is 29.1. The van der Waals surface area contributed by atoms with Gasteiger partial charge in [-0.05, 0) is 45.7 Å². The van der Waals surface area contributed by atoms with Gasteiger partial charge in [-0.2, -0.15) is 0 Å². The molecule has 5 nitrogen and oxygen atoms in total. The number of carbonyl (C=O) groups excluding carboxylic acids is 1. The Morgan fingerprint density at radius 2 is 1.80 bits per heavy atom. The fourth-order valence-corrected chi connectivity index (χ4v) is 3.44. The lowest BCUT2D eigenvalue weighted by Gasteiger charge is -2.32. The van der Waals surface area contributed by atoms with E-state index in [2.05, 4.69) is 17.1 Å². The zero-order chi connectivity index (χ0) is 14.5. The molecule has 1 saturated heterocycles. The minimum absolute atomic E-state index is 0.0706. The van der Waals surface area contributed by atoms with Crippen molar-refractivity contribution in [1.82, 2.24) is 10.2 Å². The summed E-state index contributed by atoms with van der Waals surface area (Å²) in [6.45, 7) is 4.98. The maximum Gasteiger partial charge on any atom is 0.307 e. The molecule has 0 radical (unpaired) electrons. The smallest absolute Gasteiger partial charge is 0.307 e. The van der Waals surface area contributed by atoms with Crippen LogP contribution in [0.1, 0.15) is 45.4 Å².